The minimum atomic E-state index is 0.0876. The van der Waals surface area contributed by atoms with Crippen molar-refractivity contribution in [3.05, 3.63) is 41.7 Å². The molecule has 0 unspecified atom stereocenters. The quantitative estimate of drug-likeness (QED) is 0.565. The van der Waals surface area contributed by atoms with Crippen LogP contribution in [0.3, 0.4) is 0 Å². The summed E-state index contributed by atoms with van der Waals surface area (Å²) in [6, 6.07) is 5.66. The molecular weight excluding hydrogens is 276 g/mol. The monoisotopic (exact) mass is 302 g/mol. The number of rotatable bonds is 6. The molecule has 1 aliphatic rings. The van der Waals surface area contributed by atoms with Gasteiger partial charge in [0.1, 0.15) is 5.75 Å². The zero-order chi connectivity index (χ0) is 16.1. The third kappa shape index (κ3) is 4.12. The van der Waals surface area contributed by atoms with Crippen LogP contribution in [0.25, 0.3) is 0 Å². The van der Waals surface area contributed by atoms with Gasteiger partial charge in [-0.1, -0.05) is 6.58 Å². The van der Waals surface area contributed by atoms with Crippen LogP contribution in [0.5, 0.6) is 5.75 Å². The SMILES string of the molecule is C=C(OCC)C1CCC(Oc2ccc(C(C)=O)cc2C)CC1. The molecule has 0 saturated heterocycles. The van der Waals surface area contributed by atoms with Crippen LogP contribution in [-0.4, -0.2) is 18.5 Å². The van der Waals surface area contributed by atoms with Gasteiger partial charge in [-0.05, 0) is 70.2 Å². The van der Waals surface area contributed by atoms with Crippen molar-refractivity contribution in [1.82, 2.24) is 0 Å². The molecule has 22 heavy (non-hydrogen) atoms. The molecule has 1 aromatic carbocycles. The van der Waals surface area contributed by atoms with Crippen molar-refractivity contribution in [3.8, 4) is 5.75 Å². The van der Waals surface area contributed by atoms with Gasteiger partial charge in [-0.15, -0.1) is 0 Å². The molecule has 0 aromatic heterocycles. The van der Waals surface area contributed by atoms with Gasteiger partial charge >= 0.3 is 0 Å². The molecule has 0 heterocycles. The lowest BCUT2D eigenvalue weighted by molar-refractivity contribution is 0.101. The van der Waals surface area contributed by atoms with E-state index in [-0.39, 0.29) is 11.9 Å². The van der Waals surface area contributed by atoms with Crippen molar-refractivity contribution in [3.63, 3.8) is 0 Å². The number of hydrogen-bond acceptors (Lipinski definition) is 3. The van der Waals surface area contributed by atoms with Crippen molar-refractivity contribution in [2.24, 2.45) is 5.92 Å². The molecule has 0 spiro atoms. The number of benzene rings is 1. The molecule has 1 fully saturated rings. The van der Waals surface area contributed by atoms with E-state index in [1.807, 2.05) is 32.0 Å². The largest absolute Gasteiger partial charge is 0.499 e. The zero-order valence-electron chi connectivity index (χ0n) is 13.9. The molecule has 0 N–H and O–H groups in total. The van der Waals surface area contributed by atoms with E-state index in [4.69, 9.17) is 9.47 Å². The Kier molecular flexibility index (Phi) is 5.64. The number of ketones is 1. The van der Waals surface area contributed by atoms with Gasteiger partial charge in [0.2, 0.25) is 0 Å². The highest BCUT2D eigenvalue weighted by molar-refractivity contribution is 5.94. The van der Waals surface area contributed by atoms with E-state index in [0.717, 1.165) is 48.3 Å². The highest BCUT2D eigenvalue weighted by atomic mass is 16.5. The van der Waals surface area contributed by atoms with Crippen molar-refractivity contribution >= 4 is 5.78 Å². The molecule has 3 nitrogen and oxygen atoms in total. The van der Waals surface area contributed by atoms with Gasteiger partial charge in [0, 0.05) is 11.5 Å². The molecule has 0 amide bonds. The second kappa shape index (κ2) is 7.48. The summed E-state index contributed by atoms with van der Waals surface area (Å²) in [7, 11) is 0. The first-order valence-corrected chi connectivity index (χ1v) is 8.11. The molecular formula is C19H26O3. The minimum Gasteiger partial charge on any atom is -0.499 e. The summed E-state index contributed by atoms with van der Waals surface area (Å²) in [6.07, 6.45) is 4.41. The lowest BCUT2D eigenvalue weighted by Gasteiger charge is -2.30. The topological polar surface area (TPSA) is 35.5 Å². The average molecular weight is 302 g/mol. The second-order valence-electron chi connectivity index (χ2n) is 6.03. The van der Waals surface area contributed by atoms with Gasteiger partial charge in [0.25, 0.3) is 0 Å². The van der Waals surface area contributed by atoms with Crippen LogP contribution in [-0.2, 0) is 4.74 Å². The van der Waals surface area contributed by atoms with E-state index in [1.165, 1.54) is 0 Å². The Bertz CT molecular complexity index is 540. The highest BCUT2D eigenvalue weighted by Crippen LogP contribution is 2.32. The van der Waals surface area contributed by atoms with E-state index in [2.05, 4.69) is 6.58 Å². The third-order valence-corrected chi connectivity index (χ3v) is 4.33. The van der Waals surface area contributed by atoms with Crippen molar-refractivity contribution in [2.45, 2.75) is 52.6 Å². The van der Waals surface area contributed by atoms with Crippen LogP contribution in [0.15, 0.2) is 30.5 Å². The van der Waals surface area contributed by atoms with Crippen LogP contribution < -0.4 is 4.74 Å². The van der Waals surface area contributed by atoms with E-state index >= 15 is 0 Å². The first-order valence-electron chi connectivity index (χ1n) is 8.11. The number of carbonyl (C=O) groups is 1. The zero-order valence-corrected chi connectivity index (χ0v) is 13.9. The normalized spacial score (nSPS) is 21.2. The lowest BCUT2D eigenvalue weighted by atomic mass is 9.86. The van der Waals surface area contributed by atoms with Gasteiger partial charge in [0.05, 0.1) is 18.5 Å². The minimum absolute atomic E-state index is 0.0876. The average Bonchev–Trinajstić information content (AvgIpc) is 2.50. The van der Waals surface area contributed by atoms with Crippen LogP contribution in [0.1, 0.15) is 55.5 Å². The van der Waals surface area contributed by atoms with Gasteiger partial charge in [-0.3, -0.25) is 4.79 Å². The fourth-order valence-corrected chi connectivity index (χ4v) is 2.99. The molecule has 0 aliphatic heterocycles. The summed E-state index contributed by atoms with van der Waals surface area (Å²) in [5, 5.41) is 0. The van der Waals surface area contributed by atoms with Gasteiger partial charge < -0.3 is 9.47 Å². The Morgan fingerprint density at radius 2 is 1.95 bits per heavy atom. The third-order valence-electron chi connectivity index (χ3n) is 4.33. The molecule has 1 aromatic rings. The molecule has 0 bridgehead atoms. The van der Waals surface area contributed by atoms with Crippen LogP contribution >= 0.6 is 0 Å². The summed E-state index contributed by atoms with van der Waals surface area (Å²) in [6.45, 7) is 10.3. The van der Waals surface area contributed by atoms with Crippen LogP contribution in [0.2, 0.25) is 0 Å². The standard InChI is InChI=1S/C19H26O3/c1-5-21-15(4)16-6-9-18(10-7-16)22-19-11-8-17(14(3)20)12-13(19)2/h8,11-12,16,18H,4-7,9-10H2,1-3H3. The maximum atomic E-state index is 11.4. The fraction of sp³-hybridized carbons (Fsp3) is 0.526. The van der Waals surface area contributed by atoms with Crippen LogP contribution in [0.4, 0.5) is 0 Å². The second-order valence-corrected chi connectivity index (χ2v) is 6.03. The Labute approximate surface area is 133 Å². The van der Waals surface area contributed by atoms with E-state index in [0.29, 0.717) is 12.5 Å². The molecule has 0 atom stereocenters. The maximum Gasteiger partial charge on any atom is 0.159 e. The van der Waals surface area contributed by atoms with Gasteiger partial charge in [-0.2, -0.15) is 0 Å². The predicted octanol–water partition coefficient (Wildman–Crippen LogP) is 4.69. The molecule has 1 aliphatic carbocycles. The highest BCUT2D eigenvalue weighted by Gasteiger charge is 2.25. The molecule has 0 radical (unpaired) electrons. The Morgan fingerprint density at radius 1 is 1.27 bits per heavy atom. The molecule has 1 saturated carbocycles. The fourth-order valence-electron chi connectivity index (χ4n) is 2.99. The Morgan fingerprint density at radius 3 is 2.50 bits per heavy atom. The number of ether oxygens (including phenoxy) is 2. The van der Waals surface area contributed by atoms with E-state index < -0.39 is 0 Å². The summed E-state index contributed by atoms with van der Waals surface area (Å²) < 4.78 is 11.6. The summed E-state index contributed by atoms with van der Waals surface area (Å²) in [5.41, 5.74) is 1.76. The first-order chi connectivity index (χ1) is 10.5. The van der Waals surface area contributed by atoms with Crippen molar-refractivity contribution in [2.75, 3.05) is 6.61 Å². The maximum absolute atomic E-state index is 11.4. The van der Waals surface area contributed by atoms with Gasteiger partial charge in [0.15, 0.2) is 5.78 Å². The van der Waals surface area contributed by atoms with Crippen LogP contribution in [0, 0.1) is 12.8 Å². The molecule has 3 heteroatoms. The van der Waals surface area contributed by atoms with E-state index in [9.17, 15) is 4.79 Å². The number of allylic oxidation sites excluding steroid dienone is 1. The molecule has 2 rings (SSSR count). The summed E-state index contributed by atoms with van der Waals surface area (Å²) in [5.74, 6) is 2.35. The van der Waals surface area contributed by atoms with Crippen molar-refractivity contribution < 1.29 is 14.3 Å². The molecule has 120 valence electrons. The Hall–Kier alpha value is -1.77. The Balaban J connectivity index is 1.91. The predicted molar refractivity (Wildman–Crippen MR) is 88.3 cm³/mol. The first kappa shape index (κ1) is 16.6. The lowest BCUT2D eigenvalue weighted by Crippen LogP contribution is -2.25. The summed E-state index contributed by atoms with van der Waals surface area (Å²) >= 11 is 0. The number of aryl methyl sites for hydroxylation is 1. The van der Waals surface area contributed by atoms with E-state index in [1.54, 1.807) is 6.92 Å². The number of carbonyl (C=O) groups excluding carboxylic acids is 1. The number of Topliss-reactive ketones (excluding diaryl/α,β-unsaturated/α-hetero) is 1. The number of hydrogen-bond donors (Lipinski definition) is 0. The summed E-state index contributed by atoms with van der Waals surface area (Å²) in [4.78, 5) is 11.4. The van der Waals surface area contributed by atoms with Gasteiger partial charge in [-0.25, -0.2) is 0 Å². The van der Waals surface area contributed by atoms with Crippen molar-refractivity contribution in [1.29, 1.82) is 0 Å². The smallest absolute Gasteiger partial charge is 0.159 e.